The molecule has 4 nitrogen and oxygen atoms in total. The van der Waals surface area contributed by atoms with Crippen LogP contribution in [0.3, 0.4) is 0 Å². The summed E-state index contributed by atoms with van der Waals surface area (Å²) in [7, 11) is 0. The standard InChI is InChI=1S/C13H21N3O/c1-4-12(9(2)3)15-13(17)10-5-7-11(16-14)8-6-10/h5-9,12,16H,4,14H2,1-3H3,(H,15,17). The zero-order chi connectivity index (χ0) is 12.8. The Morgan fingerprint density at radius 3 is 2.29 bits per heavy atom. The molecule has 0 aliphatic carbocycles. The molecule has 1 amide bonds. The first-order valence-electron chi connectivity index (χ1n) is 5.96. The molecule has 94 valence electrons. The van der Waals surface area contributed by atoms with Crippen LogP contribution in [0.25, 0.3) is 0 Å². The van der Waals surface area contributed by atoms with E-state index >= 15 is 0 Å². The van der Waals surface area contributed by atoms with Crippen LogP contribution in [0.5, 0.6) is 0 Å². The Morgan fingerprint density at radius 1 is 1.29 bits per heavy atom. The molecule has 0 saturated carbocycles. The molecule has 0 heterocycles. The van der Waals surface area contributed by atoms with E-state index in [9.17, 15) is 4.79 Å². The lowest BCUT2D eigenvalue weighted by molar-refractivity contribution is 0.0924. The molecule has 0 radical (unpaired) electrons. The van der Waals surface area contributed by atoms with E-state index in [1.54, 1.807) is 24.3 Å². The number of nitrogens with two attached hydrogens (primary N) is 1. The van der Waals surface area contributed by atoms with E-state index in [-0.39, 0.29) is 11.9 Å². The lowest BCUT2D eigenvalue weighted by Crippen LogP contribution is -2.37. The third-order valence-corrected chi connectivity index (χ3v) is 2.87. The highest BCUT2D eigenvalue weighted by molar-refractivity contribution is 5.94. The second-order valence-corrected chi connectivity index (χ2v) is 4.45. The van der Waals surface area contributed by atoms with Crippen molar-refractivity contribution in [1.29, 1.82) is 0 Å². The van der Waals surface area contributed by atoms with Gasteiger partial charge in [-0.2, -0.15) is 0 Å². The maximum Gasteiger partial charge on any atom is 0.251 e. The van der Waals surface area contributed by atoms with Gasteiger partial charge in [-0.3, -0.25) is 10.6 Å². The van der Waals surface area contributed by atoms with Gasteiger partial charge in [-0.25, -0.2) is 0 Å². The number of hydrogen-bond acceptors (Lipinski definition) is 3. The van der Waals surface area contributed by atoms with E-state index < -0.39 is 0 Å². The molecule has 0 fully saturated rings. The molecule has 0 saturated heterocycles. The fourth-order valence-corrected chi connectivity index (χ4v) is 1.71. The Morgan fingerprint density at radius 2 is 1.88 bits per heavy atom. The maximum absolute atomic E-state index is 12.0. The van der Waals surface area contributed by atoms with E-state index in [4.69, 9.17) is 5.84 Å². The molecule has 1 aromatic carbocycles. The van der Waals surface area contributed by atoms with Crippen LogP contribution in [0.2, 0.25) is 0 Å². The molecule has 17 heavy (non-hydrogen) atoms. The first-order valence-corrected chi connectivity index (χ1v) is 5.96. The summed E-state index contributed by atoms with van der Waals surface area (Å²) in [5.74, 6) is 5.67. The molecule has 0 aliphatic rings. The van der Waals surface area contributed by atoms with Gasteiger partial charge in [-0.1, -0.05) is 20.8 Å². The first-order chi connectivity index (χ1) is 8.08. The average Bonchev–Trinajstić information content (AvgIpc) is 2.35. The van der Waals surface area contributed by atoms with Crippen LogP contribution in [0.15, 0.2) is 24.3 Å². The topological polar surface area (TPSA) is 67.2 Å². The Hall–Kier alpha value is -1.55. The first kappa shape index (κ1) is 13.5. The van der Waals surface area contributed by atoms with E-state index in [2.05, 4.69) is 31.5 Å². The second kappa shape index (κ2) is 6.25. The van der Waals surface area contributed by atoms with E-state index in [0.29, 0.717) is 11.5 Å². The van der Waals surface area contributed by atoms with Gasteiger partial charge in [0.1, 0.15) is 0 Å². The monoisotopic (exact) mass is 235 g/mol. The number of amides is 1. The fraction of sp³-hybridized carbons (Fsp3) is 0.462. The molecule has 1 unspecified atom stereocenters. The minimum atomic E-state index is -0.0332. The summed E-state index contributed by atoms with van der Waals surface area (Å²) < 4.78 is 0. The van der Waals surface area contributed by atoms with Crippen LogP contribution < -0.4 is 16.6 Å². The van der Waals surface area contributed by atoms with Gasteiger partial charge in [0.25, 0.3) is 5.91 Å². The molecule has 1 aromatic rings. The Balaban J connectivity index is 2.68. The van der Waals surface area contributed by atoms with Crippen LogP contribution in [0, 0.1) is 5.92 Å². The fourth-order valence-electron chi connectivity index (χ4n) is 1.71. The van der Waals surface area contributed by atoms with Crippen molar-refractivity contribution in [3.8, 4) is 0 Å². The number of hydrogen-bond donors (Lipinski definition) is 3. The molecule has 0 aliphatic heterocycles. The normalized spacial score (nSPS) is 12.3. The van der Waals surface area contributed by atoms with Gasteiger partial charge < -0.3 is 10.7 Å². The summed E-state index contributed by atoms with van der Waals surface area (Å²) in [5, 5.41) is 3.03. The molecule has 0 aromatic heterocycles. The third-order valence-electron chi connectivity index (χ3n) is 2.87. The minimum Gasteiger partial charge on any atom is -0.349 e. The van der Waals surface area contributed by atoms with Gasteiger partial charge in [-0.05, 0) is 36.6 Å². The number of rotatable bonds is 5. The lowest BCUT2D eigenvalue weighted by Gasteiger charge is -2.20. The van der Waals surface area contributed by atoms with Gasteiger partial charge in [0.15, 0.2) is 0 Å². The number of nitrogen functional groups attached to an aromatic ring is 1. The number of benzene rings is 1. The van der Waals surface area contributed by atoms with Gasteiger partial charge in [0, 0.05) is 17.3 Å². The highest BCUT2D eigenvalue weighted by Crippen LogP contribution is 2.10. The molecule has 0 spiro atoms. The van der Waals surface area contributed by atoms with Crippen LogP contribution in [0.1, 0.15) is 37.6 Å². The van der Waals surface area contributed by atoms with Gasteiger partial charge >= 0.3 is 0 Å². The minimum absolute atomic E-state index is 0.0332. The quantitative estimate of drug-likeness (QED) is 0.541. The zero-order valence-electron chi connectivity index (χ0n) is 10.7. The Kier molecular flexibility index (Phi) is 4.97. The van der Waals surface area contributed by atoms with Gasteiger partial charge in [0.2, 0.25) is 0 Å². The van der Waals surface area contributed by atoms with Crippen molar-refractivity contribution in [3.63, 3.8) is 0 Å². The van der Waals surface area contributed by atoms with Crippen molar-refractivity contribution >= 4 is 11.6 Å². The lowest BCUT2D eigenvalue weighted by atomic mass is 10.0. The molecule has 0 bridgehead atoms. The van der Waals surface area contributed by atoms with E-state index in [1.807, 2.05) is 0 Å². The van der Waals surface area contributed by atoms with Crippen LogP contribution in [0.4, 0.5) is 5.69 Å². The second-order valence-electron chi connectivity index (χ2n) is 4.45. The van der Waals surface area contributed by atoms with Crippen molar-refractivity contribution in [2.45, 2.75) is 33.2 Å². The highest BCUT2D eigenvalue weighted by atomic mass is 16.1. The predicted molar refractivity (Wildman–Crippen MR) is 70.6 cm³/mol. The molecule has 1 rings (SSSR count). The molecule has 1 atom stereocenters. The SMILES string of the molecule is CCC(NC(=O)c1ccc(NN)cc1)C(C)C. The molecule has 4 N–H and O–H groups in total. The summed E-state index contributed by atoms with van der Waals surface area (Å²) in [5.41, 5.74) is 3.98. The number of carbonyl (C=O) groups excluding carboxylic acids is 1. The third kappa shape index (κ3) is 3.75. The smallest absolute Gasteiger partial charge is 0.251 e. The Labute approximate surface area is 103 Å². The summed E-state index contributed by atoms with van der Waals surface area (Å²) in [6.45, 7) is 6.29. The van der Waals surface area contributed by atoms with E-state index in [0.717, 1.165) is 12.1 Å². The van der Waals surface area contributed by atoms with Crippen molar-refractivity contribution in [2.75, 3.05) is 5.43 Å². The number of nitrogens with one attached hydrogen (secondary N) is 2. The van der Waals surface area contributed by atoms with Gasteiger partial charge in [0.05, 0.1) is 0 Å². The van der Waals surface area contributed by atoms with E-state index in [1.165, 1.54) is 0 Å². The highest BCUT2D eigenvalue weighted by Gasteiger charge is 2.14. The molecule has 4 heteroatoms. The zero-order valence-corrected chi connectivity index (χ0v) is 10.7. The van der Waals surface area contributed by atoms with Crippen LogP contribution >= 0.6 is 0 Å². The number of anilines is 1. The largest absolute Gasteiger partial charge is 0.349 e. The van der Waals surface area contributed by atoms with Crippen molar-refractivity contribution in [3.05, 3.63) is 29.8 Å². The molecular formula is C13H21N3O. The van der Waals surface area contributed by atoms with Crippen LogP contribution in [-0.2, 0) is 0 Å². The van der Waals surface area contributed by atoms with Crippen LogP contribution in [-0.4, -0.2) is 11.9 Å². The Bertz CT molecular complexity index is 359. The summed E-state index contributed by atoms with van der Waals surface area (Å²) in [6, 6.07) is 7.31. The van der Waals surface area contributed by atoms with Crippen molar-refractivity contribution in [1.82, 2.24) is 5.32 Å². The average molecular weight is 235 g/mol. The molecular weight excluding hydrogens is 214 g/mol. The number of carbonyl (C=O) groups is 1. The van der Waals surface area contributed by atoms with Crippen molar-refractivity contribution < 1.29 is 4.79 Å². The summed E-state index contributed by atoms with van der Waals surface area (Å²) in [4.78, 5) is 12.0. The predicted octanol–water partition coefficient (Wildman–Crippen LogP) is 2.14. The summed E-state index contributed by atoms with van der Waals surface area (Å²) in [6.07, 6.45) is 0.936. The maximum atomic E-state index is 12.0. The van der Waals surface area contributed by atoms with Gasteiger partial charge in [-0.15, -0.1) is 0 Å². The summed E-state index contributed by atoms with van der Waals surface area (Å²) >= 11 is 0. The number of hydrazine groups is 1. The van der Waals surface area contributed by atoms with Crippen molar-refractivity contribution in [2.24, 2.45) is 11.8 Å².